The molecule has 4 nitrogen and oxygen atoms in total. The zero-order valence-electron chi connectivity index (χ0n) is 13.7. The summed E-state index contributed by atoms with van der Waals surface area (Å²) in [6, 6.07) is 10.5. The first-order chi connectivity index (χ1) is 9.87. The van der Waals surface area contributed by atoms with E-state index in [0.717, 1.165) is 13.1 Å². The molecule has 0 saturated heterocycles. The smallest absolute Gasteiger partial charge is 0.221 e. The second kappa shape index (κ2) is 8.15. The van der Waals surface area contributed by atoms with Gasteiger partial charge in [0.05, 0.1) is 6.04 Å². The summed E-state index contributed by atoms with van der Waals surface area (Å²) in [7, 11) is 0. The van der Waals surface area contributed by atoms with Gasteiger partial charge < -0.3 is 11.1 Å². The number of hydrogen-bond donors (Lipinski definition) is 2. The fraction of sp³-hybridized carbons (Fsp3) is 0.588. The minimum atomic E-state index is -0.471. The molecule has 118 valence electrons. The molecule has 0 bridgehead atoms. The fourth-order valence-corrected chi connectivity index (χ4v) is 2.48. The first-order valence-electron chi connectivity index (χ1n) is 7.72. The van der Waals surface area contributed by atoms with E-state index in [4.69, 9.17) is 5.73 Å². The van der Waals surface area contributed by atoms with Crippen molar-refractivity contribution >= 4 is 5.91 Å². The summed E-state index contributed by atoms with van der Waals surface area (Å²) >= 11 is 0. The van der Waals surface area contributed by atoms with Gasteiger partial charge in [0.15, 0.2) is 0 Å². The lowest BCUT2D eigenvalue weighted by atomic mass is 10.0. The van der Waals surface area contributed by atoms with Gasteiger partial charge in [-0.3, -0.25) is 9.69 Å². The zero-order valence-corrected chi connectivity index (χ0v) is 13.7. The molecular formula is C17H29N3O. The normalized spacial score (nSPS) is 13.2. The van der Waals surface area contributed by atoms with Crippen molar-refractivity contribution in [1.82, 2.24) is 10.2 Å². The van der Waals surface area contributed by atoms with Gasteiger partial charge >= 0.3 is 0 Å². The van der Waals surface area contributed by atoms with E-state index in [0.29, 0.717) is 13.0 Å². The third kappa shape index (κ3) is 6.27. The van der Waals surface area contributed by atoms with E-state index >= 15 is 0 Å². The van der Waals surface area contributed by atoms with Gasteiger partial charge in [0.1, 0.15) is 0 Å². The Morgan fingerprint density at radius 3 is 2.29 bits per heavy atom. The topological polar surface area (TPSA) is 58.4 Å². The first kappa shape index (κ1) is 17.7. The van der Waals surface area contributed by atoms with Crippen molar-refractivity contribution in [2.24, 2.45) is 5.73 Å². The number of carbonyl (C=O) groups excluding carboxylic acids is 1. The van der Waals surface area contributed by atoms with Crippen molar-refractivity contribution in [2.75, 3.05) is 19.6 Å². The minimum Gasteiger partial charge on any atom is -0.354 e. The zero-order chi connectivity index (χ0) is 15.9. The highest BCUT2D eigenvalue weighted by atomic mass is 16.1. The van der Waals surface area contributed by atoms with Crippen molar-refractivity contribution in [2.45, 2.75) is 45.7 Å². The molecule has 0 aliphatic carbocycles. The summed E-state index contributed by atoms with van der Waals surface area (Å²) < 4.78 is 0. The predicted molar refractivity (Wildman–Crippen MR) is 88.0 cm³/mol. The summed E-state index contributed by atoms with van der Waals surface area (Å²) in [5.74, 6) is 0.00980. The van der Waals surface area contributed by atoms with Crippen LogP contribution in [0, 0.1) is 0 Å². The van der Waals surface area contributed by atoms with E-state index < -0.39 is 5.54 Å². The number of nitrogens with one attached hydrogen (secondary N) is 1. The van der Waals surface area contributed by atoms with Crippen molar-refractivity contribution in [3.8, 4) is 0 Å². The Hall–Kier alpha value is -1.39. The predicted octanol–water partition coefficient (Wildman–Crippen LogP) is 2.31. The molecule has 0 aliphatic heterocycles. The highest BCUT2D eigenvalue weighted by Gasteiger charge is 2.21. The van der Waals surface area contributed by atoms with Gasteiger partial charge in [0.25, 0.3) is 0 Å². The maximum atomic E-state index is 12.0. The molecule has 0 aromatic heterocycles. The summed E-state index contributed by atoms with van der Waals surface area (Å²) in [5.41, 5.74) is 6.65. The van der Waals surface area contributed by atoms with E-state index in [-0.39, 0.29) is 11.9 Å². The van der Waals surface area contributed by atoms with E-state index in [2.05, 4.69) is 36.2 Å². The fourth-order valence-electron chi connectivity index (χ4n) is 2.48. The number of benzene rings is 1. The van der Waals surface area contributed by atoms with Crippen molar-refractivity contribution in [3.05, 3.63) is 35.9 Å². The van der Waals surface area contributed by atoms with Crippen LogP contribution in [0.3, 0.4) is 0 Å². The van der Waals surface area contributed by atoms with Gasteiger partial charge in [-0.05, 0) is 32.5 Å². The highest BCUT2D eigenvalue weighted by Crippen LogP contribution is 2.19. The lowest BCUT2D eigenvalue weighted by Crippen LogP contribution is -2.42. The second-order valence-corrected chi connectivity index (χ2v) is 6.12. The third-order valence-corrected chi connectivity index (χ3v) is 3.55. The van der Waals surface area contributed by atoms with Crippen LogP contribution in [0.15, 0.2) is 30.3 Å². The van der Waals surface area contributed by atoms with Gasteiger partial charge in [0, 0.05) is 18.5 Å². The SMILES string of the molecule is CCN(CC)C(CNC(=O)CC(C)(C)N)c1ccccc1. The minimum absolute atomic E-state index is 0.00980. The Morgan fingerprint density at radius 2 is 1.81 bits per heavy atom. The largest absolute Gasteiger partial charge is 0.354 e. The van der Waals surface area contributed by atoms with E-state index in [1.165, 1.54) is 5.56 Å². The monoisotopic (exact) mass is 291 g/mol. The molecule has 21 heavy (non-hydrogen) atoms. The number of carbonyl (C=O) groups is 1. The molecule has 1 aromatic carbocycles. The standard InChI is InChI=1S/C17H29N3O/c1-5-20(6-2)15(14-10-8-7-9-11-14)13-19-16(21)12-17(3,4)18/h7-11,15H,5-6,12-13,18H2,1-4H3,(H,19,21). The molecule has 1 aromatic rings. The van der Waals surface area contributed by atoms with Crippen LogP contribution in [0.1, 0.15) is 45.7 Å². The molecule has 1 rings (SSSR count). The van der Waals surface area contributed by atoms with Crippen LogP contribution < -0.4 is 11.1 Å². The molecule has 1 atom stereocenters. The molecule has 0 spiro atoms. The Balaban J connectivity index is 2.73. The molecular weight excluding hydrogens is 262 g/mol. The van der Waals surface area contributed by atoms with E-state index in [1.54, 1.807) is 0 Å². The van der Waals surface area contributed by atoms with Crippen LogP contribution in [-0.4, -0.2) is 36.0 Å². The molecule has 3 N–H and O–H groups in total. The van der Waals surface area contributed by atoms with Crippen molar-refractivity contribution in [3.63, 3.8) is 0 Å². The summed E-state index contributed by atoms with van der Waals surface area (Å²) in [6.07, 6.45) is 0.340. The number of nitrogens with zero attached hydrogens (tertiary/aromatic N) is 1. The highest BCUT2D eigenvalue weighted by molar-refractivity contribution is 5.77. The lowest BCUT2D eigenvalue weighted by molar-refractivity contribution is -0.122. The summed E-state index contributed by atoms with van der Waals surface area (Å²) in [5, 5.41) is 3.03. The third-order valence-electron chi connectivity index (χ3n) is 3.55. The van der Waals surface area contributed by atoms with Gasteiger partial charge in [-0.1, -0.05) is 44.2 Å². The number of amides is 1. The molecule has 4 heteroatoms. The lowest BCUT2D eigenvalue weighted by Gasteiger charge is -2.30. The molecule has 1 amide bonds. The van der Waals surface area contributed by atoms with E-state index in [1.807, 2.05) is 32.0 Å². The van der Waals surface area contributed by atoms with Crippen LogP contribution in [0.2, 0.25) is 0 Å². The Morgan fingerprint density at radius 1 is 1.24 bits per heavy atom. The number of hydrogen-bond acceptors (Lipinski definition) is 3. The first-order valence-corrected chi connectivity index (χ1v) is 7.72. The van der Waals surface area contributed by atoms with Crippen LogP contribution in [0.4, 0.5) is 0 Å². The van der Waals surface area contributed by atoms with Crippen LogP contribution in [0.5, 0.6) is 0 Å². The van der Waals surface area contributed by atoms with Crippen molar-refractivity contribution < 1.29 is 4.79 Å². The Bertz CT molecular complexity index is 421. The number of rotatable bonds is 8. The van der Waals surface area contributed by atoms with Crippen LogP contribution in [0.25, 0.3) is 0 Å². The average Bonchev–Trinajstić information content (AvgIpc) is 2.42. The van der Waals surface area contributed by atoms with Gasteiger partial charge in [0.2, 0.25) is 5.91 Å². The van der Waals surface area contributed by atoms with Gasteiger partial charge in [-0.15, -0.1) is 0 Å². The van der Waals surface area contributed by atoms with Crippen LogP contribution in [-0.2, 0) is 4.79 Å². The van der Waals surface area contributed by atoms with E-state index in [9.17, 15) is 4.79 Å². The number of nitrogens with two attached hydrogens (primary N) is 1. The maximum Gasteiger partial charge on any atom is 0.221 e. The molecule has 1 unspecified atom stereocenters. The van der Waals surface area contributed by atoms with Crippen LogP contribution >= 0.6 is 0 Å². The molecule has 0 heterocycles. The quantitative estimate of drug-likeness (QED) is 0.773. The number of likely N-dealkylation sites (N-methyl/N-ethyl adjacent to an activating group) is 1. The average molecular weight is 291 g/mol. The Kier molecular flexibility index (Phi) is 6.85. The van der Waals surface area contributed by atoms with Gasteiger partial charge in [-0.25, -0.2) is 0 Å². The second-order valence-electron chi connectivity index (χ2n) is 6.12. The molecule has 0 fully saturated rings. The Labute approximate surface area is 128 Å². The molecule has 0 aliphatic rings. The molecule has 0 saturated carbocycles. The van der Waals surface area contributed by atoms with Gasteiger partial charge in [-0.2, -0.15) is 0 Å². The molecule has 0 radical (unpaired) electrons. The van der Waals surface area contributed by atoms with Crippen molar-refractivity contribution in [1.29, 1.82) is 0 Å². The maximum absolute atomic E-state index is 12.0. The summed E-state index contributed by atoms with van der Waals surface area (Å²) in [6.45, 7) is 10.5. The summed E-state index contributed by atoms with van der Waals surface area (Å²) in [4.78, 5) is 14.3.